The summed E-state index contributed by atoms with van der Waals surface area (Å²) in [6.45, 7) is 6.73. The summed E-state index contributed by atoms with van der Waals surface area (Å²) >= 11 is 0. The monoisotopic (exact) mass is 160 g/mol. The van der Waals surface area contributed by atoms with Gasteiger partial charge >= 0.3 is 0 Å². The molecular formula is C7H20N4. The topological polar surface area (TPSA) is 87.9 Å². The van der Waals surface area contributed by atoms with E-state index in [1.54, 1.807) is 0 Å². The summed E-state index contributed by atoms with van der Waals surface area (Å²) < 4.78 is 0. The van der Waals surface area contributed by atoms with Crippen molar-refractivity contribution in [1.82, 2.24) is 5.43 Å². The van der Waals surface area contributed by atoms with Gasteiger partial charge in [0.2, 0.25) is 0 Å². The minimum atomic E-state index is -0.218. The summed E-state index contributed by atoms with van der Waals surface area (Å²) in [4.78, 5) is 0. The molecule has 0 amide bonds. The van der Waals surface area contributed by atoms with Crippen LogP contribution in [0.2, 0.25) is 0 Å². The molecule has 0 radical (unpaired) electrons. The molecule has 0 unspecified atom stereocenters. The molecule has 0 aromatic heterocycles. The fourth-order valence-electron chi connectivity index (χ4n) is 0.577. The van der Waals surface area contributed by atoms with Crippen molar-refractivity contribution in [3.63, 3.8) is 0 Å². The molecule has 0 atom stereocenters. The van der Waals surface area contributed by atoms with E-state index in [9.17, 15) is 0 Å². The number of hydrogen-bond acceptors (Lipinski definition) is 2. The fourth-order valence-corrected chi connectivity index (χ4v) is 0.577. The molecule has 4 heteroatoms. The molecule has 0 aliphatic carbocycles. The Bertz CT molecular complexity index is 90.4. The Labute approximate surface area is 68.8 Å². The predicted molar refractivity (Wildman–Crippen MR) is 49.0 cm³/mol. The fraction of sp³-hybridized carbons (Fsp3) is 0.857. The van der Waals surface area contributed by atoms with E-state index in [1.165, 1.54) is 12.8 Å². The molecule has 68 valence electrons. The van der Waals surface area contributed by atoms with Gasteiger partial charge in [-0.15, -0.1) is 0 Å². The summed E-state index contributed by atoms with van der Waals surface area (Å²) in [5.74, 6) is 5.25. The molecule has 0 aliphatic heterocycles. The lowest BCUT2D eigenvalue weighted by molar-refractivity contribution is 0.576. The summed E-state index contributed by atoms with van der Waals surface area (Å²) in [5.41, 5.74) is 6.53. The van der Waals surface area contributed by atoms with E-state index in [0.717, 1.165) is 5.92 Å². The third-order valence-electron chi connectivity index (χ3n) is 1.02. The van der Waals surface area contributed by atoms with E-state index >= 15 is 0 Å². The minimum absolute atomic E-state index is 0.218. The van der Waals surface area contributed by atoms with Crippen molar-refractivity contribution in [2.45, 2.75) is 33.6 Å². The molecule has 0 rings (SSSR count). The van der Waals surface area contributed by atoms with Crippen LogP contribution in [0.3, 0.4) is 0 Å². The molecule has 0 saturated heterocycles. The zero-order valence-corrected chi connectivity index (χ0v) is 7.65. The second-order valence-corrected chi connectivity index (χ2v) is 2.74. The maximum absolute atomic E-state index is 6.28. The number of nitrogens with one attached hydrogen (secondary N) is 2. The van der Waals surface area contributed by atoms with Gasteiger partial charge in [0.05, 0.1) is 0 Å². The van der Waals surface area contributed by atoms with Crippen molar-refractivity contribution < 1.29 is 0 Å². The maximum Gasteiger partial charge on any atom is 0.200 e. The Hall–Kier alpha value is -0.770. The first-order chi connectivity index (χ1) is 5.04. The largest absolute Gasteiger partial charge is 0.369 e. The highest BCUT2D eigenvalue weighted by Crippen LogP contribution is 2.00. The number of nitrogens with two attached hydrogens (primary N) is 2. The highest BCUT2D eigenvalue weighted by molar-refractivity contribution is 5.73. The van der Waals surface area contributed by atoms with Crippen LogP contribution in [0.25, 0.3) is 0 Å². The molecule has 4 nitrogen and oxygen atoms in total. The molecule has 0 bridgehead atoms. The first kappa shape index (κ1) is 12.9. The molecule has 0 spiro atoms. The van der Waals surface area contributed by atoms with E-state index in [-0.39, 0.29) is 5.96 Å². The van der Waals surface area contributed by atoms with Crippen molar-refractivity contribution in [1.29, 1.82) is 5.41 Å². The SMILES string of the molecule is CCCC(C)C.N=C(N)NN. The van der Waals surface area contributed by atoms with Gasteiger partial charge in [-0.05, 0) is 5.92 Å². The van der Waals surface area contributed by atoms with Crippen LogP contribution < -0.4 is 17.0 Å². The van der Waals surface area contributed by atoms with Crippen molar-refractivity contribution in [2.24, 2.45) is 17.5 Å². The molecule has 0 heterocycles. The Morgan fingerprint density at radius 3 is 1.91 bits per heavy atom. The van der Waals surface area contributed by atoms with E-state index in [4.69, 9.17) is 5.41 Å². The van der Waals surface area contributed by atoms with Crippen LogP contribution in [0.1, 0.15) is 33.6 Å². The standard InChI is InChI=1S/C6H14.CH6N4/c1-4-5-6(2)3;2-1(3)5-4/h6H,4-5H2,1-3H3;4H2,(H4,2,3,5). The van der Waals surface area contributed by atoms with Crippen LogP contribution in [0, 0.1) is 11.3 Å². The molecule has 0 saturated carbocycles. The van der Waals surface area contributed by atoms with E-state index in [0.29, 0.717) is 0 Å². The van der Waals surface area contributed by atoms with Gasteiger partial charge in [-0.1, -0.05) is 33.6 Å². The number of hydrazine groups is 1. The Morgan fingerprint density at radius 1 is 1.55 bits per heavy atom. The molecule has 0 aliphatic rings. The summed E-state index contributed by atoms with van der Waals surface area (Å²) in [6, 6.07) is 0. The second kappa shape index (κ2) is 9.23. The van der Waals surface area contributed by atoms with Gasteiger partial charge in [-0.2, -0.15) is 0 Å². The lowest BCUT2D eigenvalue weighted by Crippen LogP contribution is -2.35. The van der Waals surface area contributed by atoms with E-state index in [1.807, 2.05) is 5.43 Å². The first-order valence-corrected chi connectivity index (χ1v) is 3.85. The third kappa shape index (κ3) is 27.0. The van der Waals surface area contributed by atoms with Crippen LogP contribution in [0.4, 0.5) is 0 Å². The lowest BCUT2D eigenvalue weighted by atomic mass is 10.1. The Balaban J connectivity index is 0. The van der Waals surface area contributed by atoms with Crippen molar-refractivity contribution in [2.75, 3.05) is 0 Å². The minimum Gasteiger partial charge on any atom is -0.369 e. The van der Waals surface area contributed by atoms with E-state index in [2.05, 4.69) is 32.3 Å². The normalized spacial score (nSPS) is 8.45. The smallest absolute Gasteiger partial charge is 0.200 e. The predicted octanol–water partition coefficient (Wildman–Crippen LogP) is 0.786. The lowest BCUT2D eigenvalue weighted by Gasteiger charge is -1.95. The average Bonchev–Trinajstić information content (AvgIpc) is 1.89. The van der Waals surface area contributed by atoms with Crippen LogP contribution in [0.15, 0.2) is 0 Å². The molecule has 0 aromatic rings. The molecule has 0 aromatic carbocycles. The zero-order valence-electron chi connectivity index (χ0n) is 7.65. The van der Waals surface area contributed by atoms with Crippen LogP contribution >= 0.6 is 0 Å². The number of guanidine groups is 1. The molecule has 11 heavy (non-hydrogen) atoms. The molecular weight excluding hydrogens is 140 g/mol. The first-order valence-electron chi connectivity index (χ1n) is 3.85. The average molecular weight is 160 g/mol. The summed E-state index contributed by atoms with van der Waals surface area (Å²) in [5, 5.41) is 6.28. The van der Waals surface area contributed by atoms with Gasteiger partial charge in [0.25, 0.3) is 0 Å². The Morgan fingerprint density at radius 2 is 1.91 bits per heavy atom. The second-order valence-electron chi connectivity index (χ2n) is 2.74. The van der Waals surface area contributed by atoms with Gasteiger partial charge in [-0.3, -0.25) is 10.8 Å². The van der Waals surface area contributed by atoms with Crippen LogP contribution in [-0.2, 0) is 0 Å². The third-order valence-corrected chi connectivity index (χ3v) is 1.02. The Kier molecular flexibility index (Phi) is 10.8. The summed E-state index contributed by atoms with van der Waals surface area (Å²) in [6.07, 6.45) is 2.71. The quantitative estimate of drug-likeness (QED) is 0.208. The van der Waals surface area contributed by atoms with Gasteiger partial charge in [0.1, 0.15) is 0 Å². The number of hydrogen-bond donors (Lipinski definition) is 4. The van der Waals surface area contributed by atoms with Gasteiger partial charge in [0.15, 0.2) is 5.96 Å². The van der Waals surface area contributed by atoms with Gasteiger partial charge in [0, 0.05) is 0 Å². The maximum atomic E-state index is 6.28. The summed E-state index contributed by atoms with van der Waals surface area (Å²) in [7, 11) is 0. The highest BCUT2D eigenvalue weighted by Gasteiger charge is 1.85. The number of rotatable bonds is 2. The highest BCUT2D eigenvalue weighted by atomic mass is 15.3. The molecule has 0 fully saturated rings. The van der Waals surface area contributed by atoms with E-state index < -0.39 is 0 Å². The van der Waals surface area contributed by atoms with Crippen LogP contribution in [0.5, 0.6) is 0 Å². The van der Waals surface area contributed by atoms with Gasteiger partial charge < -0.3 is 5.73 Å². The van der Waals surface area contributed by atoms with Crippen molar-refractivity contribution in [3.05, 3.63) is 0 Å². The van der Waals surface area contributed by atoms with Crippen LogP contribution in [-0.4, -0.2) is 5.96 Å². The van der Waals surface area contributed by atoms with Gasteiger partial charge in [-0.25, -0.2) is 5.84 Å². The zero-order chi connectivity index (χ0) is 9.28. The molecule has 6 N–H and O–H groups in total. The van der Waals surface area contributed by atoms with Crippen molar-refractivity contribution in [3.8, 4) is 0 Å². The van der Waals surface area contributed by atoms with Crippen molar-refractivity contribution >= 4 is 5.96 Å².